The van der Waals surface area contributed by atoms with Gasteiger partial charge in [-0.25, -0.2) is 9.97 Å². The van der Waals surface area contributed by atoms with E-state index in [9.17, 15) is 9.59 Å². The van der Waals surface area contributed by atoms with Crippen molar-refractivity contribution < 1.29 is 38.0 Å². The predicted octanol–water partition coefficient (Wildman–Crippen LogP) is 6.44. The van der Waals surface area contributed by atoms with Gasteiger partial charge in [-0.3, -0.25) is 9.59 Å². The molecule has 46 heavy (non-hydrogen) atoms. The topological polar surface area (TPSA) is 115 Å². The minimum Gasteiger partial charge on any atom is -0.496 e. The van der Waals surface area contributed by atoms with Crippen molar-refractivity contribution in [2.75, 3.05) is 41.7 Å². The third kappa shape index (κ3) is 6.24. The van der Waals surface area contributed by atoms with E-state index in [-0.39, 0.29) is 19.6 Å². The molecule has 0 atom stereocenters. The molecule has 0 bridgehead atoms. The van der Waals surface area contributed by atoms with Crippen molar-refractivity contribution in [1.82, 2.24) is 9.97 Å². The maximum absolute atomic E-state index is 12.7. The van der Waals surface area contributed by atoms with Crippen LogP contribution in [0.4, 0.5) is 0 Å². The molecule has 0 fully saturated rings. The minimum absolute atomic E-state index is 0.0412. The Morgan fingerprint density at radius 1 is 0.609 bits per heavy atom. The summed E-state index contributed by atoms with van der Waals surface area (Å²) >= 11 is 0. The Morgan fingerprint density at radius 2 is 1.02 bits per heavy atom. The van der Waals surface area contributed by atoms with Crippen LogP contribution in [0.2, 0.25) is 0 Å². The van der Waals surface area contributed by atoms with Crippen molar-refractivity contribution in [3.8, 4) is 45.5 Å². The number of hydrogen-bond acceptors (Lipinski definition) is 10. The zero-order valence-corrected chi connectivity index (χ0v) is 26.7. The van der Waals surface area contributed by atoms with Crippen molar-refractivity contribution in [2.45, 2.75) is 20.3 Å². The number of nitrogens with zero attached hydrogens (tertiary/aromatic N) is 2. The monoisotopic (exact) mass is 624 g/mol. The fourth-order valence-corrected chi connectivity index (χ4v) is 5.47. The summed E-state index contributed by atoms with van der Waals surface area (Å²) in [5.74, 6) is -0.231. The molecule has 0 saturated carbocycles. The minimum atomic E-state index is -1.13. The molecule has 5 aromatic rings. The molecule has 10 heteroatoms. The first-order chi connectivity index (χ1) is 22.4. The smallest absolute Gasteiger partial charge is 0.320 e. The number of rotatable bonds is 12. The summed E-state index contributed by atoms with van der Waals surface area (Å²) in [6.07, 6.45) is 0.0412. The van der Waals surface area contributed by atoms with E-state index in [1.165, 1.54) is 0 Å². The van der Waals surface area contributed by atoms with Crippen LogP contribution in [-0.4, -0.2) is 63.6 Å². The molecule has 0 aliphatic heterocycles. The zero-order valence-electron chi connectivity index (χ0n) is 26.7. The van der Waals surface area contributed by atoms with Gasteiger partial charge in [-0.2, -0.15) is 0 Å². The lowest BCUT2D eigenvalue weighted by molar-refractivity contribution is -0.161. The Hall–Kier alpha value is -5.38. The fourth-order valence-electron chi connectivity index (χ4n) is 5.47. The van der Waals surface area contributed by atoms with Gasteiger partial charge in [-0.1, -0.05) is 30.3 Å². The van der Waals surface area contributed by atoms with Crippen molar-refractivity contribution in [3.63, 3.8) is 0 Å². The third-order valence-electron chi connectivity index (χ3n) is 7.61. The van der Waals surface area contributed by atoms with Gasteiger partial charge < -0.3 is 28.4 Å². The molecule has 0 aliphatic rings. The van der Waals surface area contributed by atoms with E-state index in [1.807, 2.05) is 54.6 Å². The van der Waals surface area contributed by atoms with Crippen LogP contribution in [0.25, 0.3) is 44.3 Å². The first-order valence-corrected chi connectivity index (χ1v) is 14.9. The van der Waals surface area contributed by atoms with E-state index in [0.717, 1.165) is 16.3 Å². The third-order valence-corrected chi connectivity index (χ3v) is 7.61. The number of ether oxygens (including phenoxy) is 6. The molecule has 0 saturated heterocycles. The van der Waals surface area contributed by atoms with E-state index >= 15 is 0 Å². The Balaban J connectivity index is 1.64. The average Bonchev–Trinajstić information content (AvgIpc) is 3.09. The Labute approximate surface area is 267 Å². The summed E-state index contributed by atoms with van der Waals surface area (Å²) in [7, 11) is 6.31. The predicted molar refractivity (Wildman–Crippen MR) is 175 cm³/mol. The molecule has 3 aromatic carbocycles. The Kier molecular flexibility index (Phi) is 9.85. The summed E-state index contributed by atoms with van der Waals surface area (Å²) < 4.78 is 33.2. The van der Waals surface area contributed by atoms with Crippen LogP contribution < -0.4 is 18.9 Å². The molecule has 0 spiro atoms. The maximum Gasteiger partial charge on any atom is 0.320 e. The van der Waals surface area contributed by atoms with Crippen LogP contribution >= 0.6 is 0 Å². The van der Waals surface area contributed by atoms with E-state index in [1.54, 1.807) is 54.4 Å². The summed E-state index contributed by atoms with van der Waals surface area (Å²) in [6, 6.07) is 20.9. The van der Waals surface area contributed by atoms with Crippen molar-refractivity contribution in [1.29, 1.82) is 0 Å². The highest BCUT2D eigenvalue weighted by molar-refractivity contribution is 6.04. The van der Waals surface area contributed by atoms with Crippen LogP contribution in [0.1, 0.15) is 19.4 Å². The quantitative estimate of drug-likeness (QED) is 0.0873. The highest BCUT2D eigenvalue weighted by Crippen LogP contribution is 2.41. The van der Waals surface area contributed by atoms with E-state index < -0.39 is 17.9 Å². The average molecular weight is 625 g/mol. The van der Waals surface area contributed by atoms with Gasteiger partial charge in [0.25, 0.3) is 0 Å². The maximum atomic E-state index is 12.7. The fraction of sp³-hybridized carbons (Fsp3) is 0.278. The first kappa shape index (κ1) is 32.0. The number of esters is 2. The number of pyridine rings is 2. The number of fused-ring (bicyclic) bond motifs is 3. The van der Waals surface area contributed by atoms with Crippen LogP contribution in [0, 0.1) is 5.92 Å². The summed E-state index contributed by atoms with van der Waals surface area (Å²) in [4.78, 5) is 35.4. The Morgan fingerprint density at radius 3 is 1.43 bits per heavy atom. The summed E-state index contributed by atoms with van der Waals surface area (Å²) in [5.41, 5.74) is 4.64. The molecular formula is C36H36N2O8. The van der Waals surface area contributed by atoms with Crippen molar-refractivity contribution in [2.24, 2.45) is 5.92 Å². The highest BCUT2D eigenvalue weighted by atomic mass is 16.6. The molecule has 0 radical (unpaired) electrons. The molecule has 10 nitrogen and oxygen atoms in total. The molecule has 0 unspecified atom stereocenters. The SMILES string of the molecule is CCOC(=O)C(Cc1cc(OC)c(-c2ccc3ccc4ccc(-c5c(OC)cccc5OC)nc4c3n2)c(OC)c1)C(=O)OCC. The van der Waals surface area contributed by atoms with Gasteiger partial charge in [0.2, 0.25) is 0 Å². The molecule has 2 heterocycles. The number of aromatic nitrogens is 2. The van der Waals surface area contributed by atoms with Crippen LogP contribution in [0.3, 0.4) is 0 Å². The lowest BCUT2D eigenvalue weighted by Crippen LogP contribution is -2.30. The molecule has 0 amide bonds. The van der Waals surface area contributed by atoms with E-state index in [0.29, 0.717) is 56.5 Å². The van der Waals surface area contributed by atoms with Gasteiger partial charge in [-0.15, -0.1) is 0 Å². The van der Waals surface area contributed by atoms with Crippen LogP contribution in [-0.2, 0) is 25.5 Å². The van der Waals surface area contributed by atoms with Gasteiger partial charge in [0, 0.05) is 10.8 Å². The summed E-state index contributed by atoms with van der Waals surface area (Å²) in [6.45, 7) is 3.66. The number of methoxy groups -OCH3 is 4. The van der Waals surface area contributed by atoms with Crippen LogP contribution in [0.5, 0.6) is 23.0 Å². The summed E-state index contributed by atoms with van der Waals surface area (Å²) in [5, 5.41) is 1.81. The van der Waals surface area contributed by atoms with E-state index in [4.69, 9.17) is 38.4 Å². The molecule has 0 aliphatic carbocycles. The standard InChI is InChI=1S/C36H36N2O8/c1-7-45-35(39)24(36(40)46-8-2)18-21-19-29(43-5)32(30(20-21)44-6)26-17-15-23-13-12-22-14-16-25(37-33(22)34(23)38-26)31-27(41-3)10-9-11-28(31)42-4/h9-17,19-20,24H,7-8,18H2,1-6H3. The molecule has 0 N–H and O–H groups in total. The van der Waals surface area contributed by atoms with Crippen molar-refractivity contribution in [3.05, 3.63) is 72.3 Å². The first-order valence-electron chi connectivity index (χ1n) is 14.9. The number of carbonyl (C=O) groups excluding carboxylic acids is 2. The lowest BCUT2D eigenvalue weighted by Gasteiger charge is -2.18. The molecule has 5 rings (SSSR count). The highest BCUT2D eigenvalue weighted by Gasteiger charge is 2.31. The second-order valence-corrected chi connectivity index (χ2v) is 10.3. The lowest BCUT2D eigenvalue weighted by atomic mass is 9.96. The van der Waals surface area contributed by atoms with Crippen molar-refractivity contribution >= 4 is 33.7 Å². The van der Waals surface area contributed by atoms with Gasteiger partial charge in [0.1, 0.15) is 23.0 Å². The molecule has 2 aromatic heterocycles. The largest absolute Gasteiger partial charge is 0.496 e. The van der Waals surface area contributed by atoms with E-state index in [2.05, 4.69) is 0 Å². The van der Waals surface area contributed by atoms with Crippen LogP contribution in [0.15, 0.2) is 66.7 Å². The van der Waals surface area contributed by atoms with Gasteiger partial charge in [-0.05, 0) is 62.2 Å². The molecule has 238 valence electrons. The second kappa shape index (κ2) is 14.2. The van der Waals surface area contributed by atoms with Gasteiger partial charge >= 0.3 is 11.9 Å². The zero-order chi connectivity index (χ0) is 32.8. The van der Waals surface area contributed by atoms with Gasteiger partial charge in [0.05, 0.1) is 75.2 Å². The second-order valence-electron chi connectivity index (χ2n) is 10.3. The normalized spacial score (nSPS) is 11.0. The van der Waals surface area contributed by atoms with Gasteiger partial charge in [0.15, 0.2) is 5.92 Å². The number of hydrogen-bond donors (Lipinski definition) is 0. The Bertz CT molecular complexity index is 1840. The number of carbonyl (C=O) groups is 2. The number of benzene rings is 3. The molecular weight excluding hydrogens is 588 g/mol.